The molecule has 5 rings (SSSR count). The molecule has 0 fully saturated rings. The predicted molar refractivity (Wildman–Crippen MR) is 122 cm³/mol. The summed E-state index contributed by atoms with van der Waals surface area (Å²) >= 11 is 7.49. The molecule has 4 aromatic heterocycles. The monoisotopic (exact) mass is 520 g/mol. The number of halogens is 5. The Bertz CT molecular complexity index is 1530. The Morgan fingerprint density at radius 3 is 2.57 bits per heavy atom. The smallest absolute Gasteiger partial charge is 0.304 e. The van der Waals surface area contributed by atoms with Crippen molar-refractivity contribution in [2.45, 2.75) is 12.7 Å². The molecule has 0 aliphatic rings. The Hall–Kier alpha value is -3.77. The molecule has 7 nitrogen and oxygen atoms in total. The van der Waals surface area contributed by atoms with Crippen molar-refractivity contribution in [3.8, 4) is 10.6 Å². The molecular weight excluding hydrogens is 508 g/mol. The predicted octanol–water partition coefficient (Wildman–Crippen LogP) is 5.77. The second-order valence-electron chi connectivity index (χ2n) is 7.38. The summed E-state index contributed by atoms with van der Waals surface area (Å²) in [6, 6.07) is 11.5. The molecule has 0 radical (unpaired) electrons. The van der Waals surface area contributed by atoms with Gasteiger partial charge in [-0.25, -0.2) is 13.9 Å². The van der Waals surface area contributed by atoms with E-state index >= 15 is 0 Å². The maximum atomic E-state index is 13.8. The molecule has 0 saturated heterocycles. The van der Waals surface area contributed by atoms with Gasteiger partial charge in [-0.1, -0.05) is 29.8 Å². The van der Waals surface area contributed by atoms with Gasteiger partial charge in [-0.2, -0.15) is 23.4 Å². The highest BCUT2D eigenvalue weighted by Gasteiger charge is 2.37. The third-order valence-electron chi connectivity index (χ3n) is 4.95. The van der Waals surface area contributed by atoms with E-state index in [9.17, 15) is 22.4 Å². The number of rotatable bonds is 5. The summed E-state index contributed by atoms with van der Waals surface area (Å²) in [6.07, 6.45) is -3.18. The molecule has 13 heteroatoms. The second-order valence-corrected chi connectivity index (χ2v) is 8.70. The fraction of sp³-hybridized carbons (Fsp3) is 0.0909. The molecule has 0 atom stereocenters. The number of aromatic nitrogens is 5. The van der Waals surface area contributed by atoms with Gasteiger partial charge in [0.2, 0.25) is 0 Å². The molecule has 0 bridgehead atoms. The first kappa shape index (κ1) is 23.0. The first-order valence-electron chi connectivity index (χ1n) is 9.98. The van der Waals surface area contributed by atoms with Gasteiger partial charge in [0.25, 0.3) is 5.91 Å². The molecule has 1 amide bonds. The fourth-order valence-corrected chi connectivity index (χ4v) is 4.29. The van der Waals surface area contributed by atoms with Crippen molar-refractivity contribution in [3.05, 3.63) is 87.9 Å². The van der Waals surface area contributed by atoms with E-state index in [1.54, 1.807) is 35.8 Å². The molecular formula is C22H13ClF4N6OS. The van der Waals surface area contributed by atoms with Crippen molar-refractivity contribution < 1.29 is 22.4 Å². The van der Waals surface area contributed by atoms with Gasteiger partial charge in [0.1, 0.15) is 10.8 Å². The van der Waals surface area contributed by atoms with Crippen LogP contribution in [0.25, 0.3) is 16.2 Å². The summed E-state index contributed by atoms with van der Waals surface area (Å²) in [6.45, 7) is 0.315. The molecule has 0 aliphatic heterocycles. The lowest BCUT2D eigenvalue weighted by atomic mass is 10.2. The van der Waals surface area contributed by atoms with E-state index in [4.69, 9.17) is 11.6 Å². The van der Waals surface area contributed by atoms with Crippen molar-refractivity contribution in [3.63, 3.8) is 0 Å². The highest BCUT2D eigenvalue weighted by Crippen LogP contribution is 2.35. The third-order valence-corrected chi connectivity index (χ3v) is 6.19. The van der Waals surface area contributed by atoms with Crippen LogP contribution in [0.2, 0.25) is 5.02 Å². The van der Waals surface area contributed by atoms with Crippen LogP contribution in [0, 0.1) is 5.82 Å². The molecule has 0 aliphatic carbocycles. The number of nitrogens with zero attached hydrogens (tertiary/aromatic N) is 5. The number of fused-ring (bicyclic) bond motifs is 1. The Morgan fingerprint density at radius 1 is 1.11 bits per heavy atom. The first-order valence-corrected chi connectivity index (χ1v) is 11.2. The molecule has 5 aromatic rings. The number of hydrogen-bond acceptors (Lipinski definition) is 5. The zero-order chi connectivity index (χ0) is 24.7. The number of hydrogen-bond donors (Lipinski definition) is 1. The molecule has 1 aromatic carbocycles. The van der Waals surface area contributed by atoms with Crippen molar-refractivity contribution in [2.24, 2.45) is 0 Å². The minimum absolute atomic E-state index is 0.0631. The Morgan fingerprint density at radius 2 is 1.89 bits per heavy atom. The van der Waals surface area contributed by atoms with Gasteiger partial charge in [-0.15, -0.1) is 11.3 Å². The van der Waals surface area contributed by atoms with Crippen LogP contribution in [0.1, 0.15) is 21.7 Å². The molecule has 0 spiro atoms. The number of benzene rings is 1. The zero-order valence-corrected chi connectivity index (χ0v) is 19.0. The molecule has 178 valence electrons. The van der Waals surface area contributed by atoms with E-state index in [1.807, 2.05) is 0 Å². The maximum Gasteiger partial charge on any atom is 0.433 e. The normalized spacial score (nSPS) is 11.8. The quantitative estimate of drug-likeness (QED) is 0.299. The second kappa shape index (κ2) is 8.78. The fourth-order valence-electron chi connectivity index (χ4n) is 3.36. The Balaban J connectivity index is 1.45. The van der Waals surface area contributed by atoms with E-state index in [2.05, 4.69) is 20.5 Å². The van der Waals surface area contributed by atoms with Crippen LogP contribution < -0.4 is 5.32 Å². The molecule has 0 unspecified atom stereocenters. The minimum atomic E-state index is -4.77. The third kappa shape index (κ3) is 4.62. The van der Waals surface area contributed by atoms with Crippen molar-refractivity contribution >= 4 is 40.3 Å². The minimum Gasteiger partial charge on any atom is -0.304 e. The lowest BCUT2D eigenvalue weighted by Gasteiger charge is -2.10. The number of thiophene rings is 1. The number of carbonyl (C=O) groups excluding carboxylic acids is 1. The average molecular weight is 521 g/mol. The summed E-state index contributed by atoms with van der Waals surface area (Å²) in [5.74, 6) is -1.08. The van der Waals surface area contributed by atoms with Gasteiger partial charge in [-0.05, 0) is 35.2 Å². The number of anilines is 1. The lowest BCUT2D eigenvalue weighted by molar-refractivity contribution is -0.142. The van der Waals surface area contributed by atoms with Crippen LogP contribution in [0.5, 0.6) is 0 Å². The van der Waals surface area contributed by atoms with E-state index < -0.39 is 23.5 Å². The standard InChI is InChI=1S/C22H13ClF4N6OS/c23-18-19(21(34)29-17-7-8-32(30-17)11-12-3-5-13(24)6-4-12)31-33-16(22(25,26)27)10-14(28-20(18)33)15-2-1-9-35-15/h1-10H,11H2,(H,29,30,34). The molecule has 35 heavy (non-hydrogen) atoms. The SMILES string of the molecule is O=C(Nc1ccn(Cc2ccc(F)cc2)n1)c1nn2c(C(F)(F)F)cc(-c3cccs3)nc2c1Cl. The highest BCUT2D eigenvalue weighted by atomic mass is 35.5. The summed E-state index contributed by atoms with van der Waals surface area (Å²) in [5.41, 5.74) is -0.996. The number of nitrogens with one attached hydrogen (secondary N) is 1. The summed E-state index contributed by atoms with van der Waals surface area (Å²) in [5, 5.41) is 11.9. The topological polar surface area (TPSA) is 77.1 Å². The zero-order valence-electron chi connectivity index (χ0n) is 17.4. The van der Waals surface area contributed by atoms with Crippen LogP contribution in [0.3, 0.4) is 0 Å². The van der Waals surface area contributed by atoms with Crippen molar-refractivity contribution in [2.75, 3.05) is 5.32 Å². The summed E-state index contributed by atoms with van der Waals surface area (Å²) in [4.78, 5) is 17.5. The number of alkyl halides is 3. The van der Waals surface area contributed by atoms with E-state index in [1.165, 1.54) is 34.2 Å². The van der Waals surface area contributed by atoms with E-state index in [0.717, 1.165) is 11.6 Å². The summed E-state index contributed by atoms with van der Waals surface area (Å²) < 4.78 is 56.4. The van der Waals surface area contributed by atoms with Crippen LogP contribution in [0.4, 0.5) is 23.4 Å². The van der Waals surface area contributed by atoms with Gasteiger partial charge in [0.15, 0.2) is 22.9 Å². The van der Waals surface area contributed by atoms with E-state index in [0.29, 0.717) is 15.9 Å². The number of amides is 1. The van der Waals surface area contributed by atoms with E-state index in [-0.39, 0.29) is 28.0 Å². The largest absolute Gasteiger partial charge is 0.433 e. The van der Waals surface area contributed by atoms with Crippen LogP contribution in [-0.2, 0) is 12.7 Å². The van der Waals surface area contributed by atoms with Crippen molar-refractivity contribution in [1.82, 2.24) is 24.4 Å². The van der Waals surface area contributed by atoms with Crippen molar-refractivity contribution in [1.29, 1.82) is 0 Å². The van der Waals surface area contributed by atoms with Gasteiger partial charge < -0.3 is 5.32 Å². The Kier molecular flexibility index (Phi) is 5.77. The van der Waals surface area contributed by atoms with Gasteiger partial charge in [0.05, 0.1) is 17.1 Å². The molecule has 0 saturated carbocycles. The van der Waals surface area contributed by atoms with Crippen LogP contribution in [0.15, 0.2) is 60.1 Å². The average Bonchev–Trinajstić information content (AvgIpc) is 3.55. The summed E-state index contributed by atoms with van der Waals surface area (Å²) in [7, 11) is 0. The first-order chi connectivity index (χ1) is 16.7. The van der Waals surface area contributed by atoms with Gasteiger partial charge in [0, 0.05) is 12.3 Å². The highest BCUT2D eigenvalue weighted by molar-refractivity contribution is 7.13. The van der Waals surface area contributed by atoms with Gasteiger partial charge in [-0.3, -0.25) is 9.48 Å². The van der Waals surface area contributed by atoms with Crippen LogP contribution >= 0.6 is 22.9 Å². The molecule has 1 N–H and O–H groups in total. The maximum absolute atomic E-state index is 13.8. The molecule has 4 heterocycles. The van der Waals surface area contributed by atoms with Crippen LogP contribution in [-0.4, -0.2) is 30.3 Å². The Labute approximate surface area is 203 Å². The van der Waals surface area contributed by atoms with Gasteiger partial charge >= 0.3 is 6.18 Å². The lowest BCUT2D eigenvalue weighted by Crippen LogP contribution is -2.16. The number of carbonyl (C=O) groups is 1.